The van der Waals surface area contributed by atoms with Crippen LogP contribution in [0.2, 0.25) is 0 Å². The summed E-state index contributed by atoms with van der Waals surface area (Å²) in [5.41, 5.74) is 12.8. The monoisotopic (exact) mass is 672 g/mol. The molecule has 0 radical (unpaired) electrons. The van der Waals surface area contributed by atoms with Crippen LogP contribution in [-0.2, 0) is 6.42 Å². The molecule has 0 spiro atoms. The van der Waals surface area contributed by atoms with Crippen molar-refractivity contribution in [1.29, 1.82) is 0 Å². The second-order valence-electron chi connectivity index (χ2n) is 13.1. The lowest BCUT2D eigenvalue weighted by molar-refractivity contribution is 0.570. The molecule has 0 atom stereocenters. The molecule has 1 N–H and O–H groups in total. The van der Waals surface area contributed by atoms with Crippen LogP contribution in [0.4, 0.5) is 0 Å². The molecule has 0 saturated carbocycles. The average Bonchev–Trinajstić information content (AvgIpc) is 3.45. The van der Waals surface area contributed by atoms with Crippen molar-refractivity contribution in [3.63, 3.8) is 0 Å². The van der Waals surface area contributed by atoms with Crippen LogP contribution in [0.5, 0.6) is 0 Å². The van der Waals surface area contributed by atoms with Crippen molar-refractivity contribution in [3.8, 4) is 22.3 Å². The fourth-order valence-corrected chi connectivity index (χ4v) is 7.16. The number of fused-ring (bicyclic) bond motifs is 3. The molecule has 7 aromatic carbocycles. The van der Waals surface area contributed by atoms with E-state index in [0.29, 0.717) is 0 Å². The lowest BCUT2D eigenvalue weighted by Gasteiger charge is -2.12. The van der Waals surface area contributed by atoms with Crippen LogP contribution in [0.3, 0.4) is 0 Å². The molecule has 3 heteroatoms. The summed E-state index contributed by atoms with van der Waals surface area (Å²) in [6.07, 6.45) is 9.32. The van der Waals surface area contributed by atoms with E-state index in [-0.39, 0.29) is 0 Å². The van der Waals surface area contributed by atoms with E-state index >= 15 is 0 Å². The number of hydrogen-bond acceptors (Lipinski definition) is 3. The first kappa shape index (κ1) is 32.7. The predicted octanol–water partition coefficient (Wildman–Crippen LogP) is 12.1. The van der Waals surface area contributed by atoms with Crippen LogP contribution in [-0.4, -0.2) is 5.71 Å². The smallest absolute Gasteiger partial charge is 0.135 e. The van der Waals surface area contributed by atoms with E-state index in [1.165, 1.54) is 43.3 Å². The number of furan rings is 1. The van der Waals surface area contributed by atoms with Crippen molar-refractivity contribution in [2.24, 2.45) is 5.10 Å². The van der Waals surface area contributed by atoms with Crippen molar-refractivity contribution >= 4 is 50.0 Å². The fraction of sp³-hybridized carbons (Fsp3) is 0.0816. The van der Waals surface area contributed by atoms with E-state index in [4.69, 9.17) is 9.52 Å². The first-order chi connectivity index (χ1) is 25.7. The summed E-state index contributed by atoms with van der Waals surface area (Å²) < 4.78 is 6.35. The molecule has 1 aliphatic rings. The number of rotatable bonds is 8. The van der Waals surface area contributed by atoms with Gasteiger partial charge in [0.1, 0.15) is 11.3 Å². The third kappa shape index (κ3) is 6.57. The second-order valence-corrected chi connectivity index (χ2v) is 13.1. The molecule has 9 rings (SSSR count). The quantitative estimate of drug-likeness (QED) is 0.0991. The molecule has 0 fully saturated rings. The van der Waals surface area contributed by atoms with Crippen molar-refractivity contribution < 1.29 is 4.42 Å². The van der Waals surface area contributed by atoms with Gasteiger partial charge in [-0.05, 0) is 85.4 Å². The molecule has 0 saturated heterocycles. The summed E-state index contributed by atoms with van der Waals surface area (Å²) in [5.74, 6) is 1.05. The molecular weight excluding hydrogens is 633 g/mol. The molecule has 0 bridgehead atoms. The lowest BCUT2D eigenvalue weighted by atomic mass is 9.92. The van der Waals surface area contributed by atoms with Gasteiger partial charge in [-0.25, -0.2) is 0 Å². The van der Waals surface area contributed by atoms with Gasteiger partial charge in [0.15, 0.2) is 0 Å². The van der Waals surface area contributed by atoms with Gasteiger partial charge in [-0.15, -0.1) is 0 Å². The predicted molar refractivity (Wildman–Crippen MR) is 221 cm³/mol. The number of nitrogens with one attached hydrogen (secondary N) is 1. The van der Waals surface area contributed by atoms with Crippen molar-refractivity contribution in [3.05, 3.63) is 192 Å². The topological polar surface area (TPSA) is 37.5 Å². The van der Waals surface area contributed by atoms with Crippen LogP contribution < -0.4 is 10.6 Å². The Hall–Kier alpha value is -6.45. The van der Waals surface area contributed by atoms with E-state index in [2.05, 4.69) is 134 Å². The second kappa shape index (κ2) is 14.8. The van der Waals surface area contributed by atoms with Crippen LogP contribution in [0.1, 0.15) is 36.7 Å². The summed E-state index contributed by atoms with van der Waals surface area (Å²) in [4.78, 5) is 0. The average molecular weight is 673 g/mol. The normalized spacial score (nSPS) is 12.3. The standard InChI is InChI=1S/C43H34N2O.C6H6/c1-3-12-39(29-13-5-4-6-14-29)45-44-28(2)30-15-9-16-31(25-30)32-17-10-18-33(26-32)34-23-24-35-36-20-11-22-41-42(36)43-37(38(35)27-34)19-7-8-21-40(43)46-41;1-2-4-6-5-3-1/h4-11,13-20,22-27,44H,2-3,12,21H2,1H3;1-6H/b45-39+;. The molecule has 8 aromatic rings. The van der Waals surface area contributed by atoms with E-state index in [0.717, 1.165) is 64.3 Å². The van der Waals surface area contributed by atoms with E-state index < -0.39 is 0 Å². The van der Waals surface area contributed by atoms with Crippen molar-refractivity contribution in [2.75, 3.05) is 0 Å². The maximum absolute atomic E-state index is 6.35. The highest BCUT2D eigenvalue weighted by Gasteiger charge is 2.18. The molecule has 3 nitrogen and oxygen atoms in total. The van der Waals surface area contributed by atoms with E-state index in [1.807, 2.05) is 54.6 Å². The molecule has 0 unspecified atom stereocenters. The molecule has 0 amide bonds. The third-order valence-electron chi connectivity index (χ3n) is 9.69. The molecular formula is C49H40N2O. The van der Waals surface area contributed by atoms with E-state index in [1.54, 1.807) is 0 Å². The minimum atomic E-state index is 0.774. The zero-order valence-corrected chi connectivity index (χ0v) is 29.3. The highest BCUT2D eigenvalue weighted by Crippen LogP contribution is 2.37. The molecule has 1 heterocycles. The number of hydrogen-bond donors (Lipinski definition) is 1. The molecule has 52 heavy (non-hydrogen) atoms. The fourth-order valence-electron chi connectivity index (χ4n) is 7.16. The van der Waals surface area contributed by atoms with Crippen LogP contribution in [0.15, 0.2) is 180 Å². The van der Waals surface area contributed by atoms with Crippen LogP contribution in [0.25, 0.3) is 66.5 Å². The number of benzene rings is 7. The molecule has 252 valence electrons. The minimum Gasteiger partial charge on any atom is -0.460 e. The maximum Gasteiger partial charge on any atom is 0.135 e. The first-order valence-corrected chi connectivity index (χ1v) is 18.0. The van der Waals surface area contributed by atoms with Gasteiger partial charge in [0.25, 0.3) is 0 Å². The highest BCUT2D eigenvalue weighted by atomic mass is 16.3. The summed E-state index contributed by atoms with van der Waals surface area (Å²) >= 11 is 0. The lowest BCUT2D eigenvalue weighted by Crippen LogP contribution is -2.10. The minimum absolute atomic E-state index is 0.774. The van der Waals surface area contributed by atoms with Gasteiger partial charge in [0, 0.05) is 17.2 Å². The Kier molecular flexibility index (Phi) is 9.32. The Bertz CT molecular complexity index is 2620. The van der Waals surface area contributed by atoms with Crippen LogP contribution >= 0.6 is 0 Å². The van der Waals surface area contributed by atoms with Gasteiger partial charge in [0.2, 0.25) is 0 Å². The summed E-state index contributed by atoms with van der Waals surface area (Å²) in [6.45, 7) is 6.49. The Morgan fingerprint density at radius 1 is 0.635 bits per heavy atom. The Balaban J connectivity index is 0.000000588. The zero-order chi connectivity index (χ0) is 35.3. The van der Waals surface area contributed by atoms with Gasteiger partial charge in [0.05, 0.1) is 11.4 Å². The number of allylic oxidation sites excluding steroid dienone is 2. The third-order valence-corrected chi connectivity index (χ3v) is 9.69. The molecule has 1 aliphatic carbocycles. The first-order valence-electron chi connectivity index (χ1n) is 18.0. The summed E-state index contributed by atoms with van der Waals surface area (Å²) in [6, 6.07) is 52.9. The molecule has 1 aromatic heterocycles. The largest absolute Gasteiger partial charge is 0.460 e. The molecule has 0 aliphatic heterocycles. The number of hydrazone groups is 1. The van der Waals surface area contributed by atoms with Crippen molar-refractivity contribution in [2.45, 2.75) is 26.2 Å². The SMILES string of the molecule is C=C(N/N=C(\CCC)c1ccccc1)c1cccc(-c2cccc(-c3ccc4c(c3)c3c5c(oc6cccc4c65)CC=CC=3)c2)c1.c1ccccc1. The maximum atomic E-state index is 6.35. The number of nitrogens with zero attached hydrogens (tertiary/aromatic N) is 1. The van der Waals surface area contributed by atoms with Gasteiger partial charge in [-0.1, -0.05) is 166 Å². The van der Waals surface area contributed by atoms with Crippen molar-refractivity contribution in [1.82, 2.24) is 5.43 Å². The summed E-state index contributed by atoms with van der Waals surface area (Å²) in [7, 11) is 0. The van der Waals surface area contributed by atoms with Gasteiger partial charge < -0.3 is 4.42 Å². The highest BCUT2D eigenvalue weighted by molar-refractivity contribution is 6.22. The van der Waals surface area contributed by atoms with E-state index in [9.17, 15) is 0 Å². The van der Waals surface area contributed by atoms with Gasteiger partial charge in [-0.3, -0.25) is 5.43 Å². The Labute approximate surface area is 304 Å². The zero-order valence-electron chi connectivity index (χ0n) is 29.3. The Morgan fingerprint density at radius 2 is 1.29 bits per heavy atom. The van der Waals surface area contributed by atoms with Gasteiger partial charge >= 0.3 is 0 Å². The Morgan fingerprint density at radius 3 is 2.04 bits per heavy atom. The van der Waals surface area contributed by atoms with Crippen LogP contribution in [0, 0.1) is 0 Å². The van der Waals surface area contributed by atoms with Gasteiger partial charge in [-0.2, -0.15) is 5.10 Å². The summed E-state index contributed by atoms with van der Waals surface area (Å²) in [5, 5.41) is 12.2.